The van der Waals surface area contributed by atoms with E-state index in [4.69, 9.17) is 9.78 Å². The Hall–Kier alpha value is -3.50. The average Bonchev–Trinajstić information content (AvgIpc) is 3.78. The van der Waals surface area contributed by atoms with Crippen molar-refractivity contribution in [3.63, 3.8) is 0 Å². The van der Waals surface area contributed by atoms with Crippen molar-refractivity contribution >= 4 is 5.91 Å². The van der Waals surface area contributed by atoms with Crippen molar-refractivity contribution in [2.24, 2.45) is 51.2 Å². The monoisotopic (exact) mass is 674 g/mol. The highest BCUT2D eigenvalue weighted by Gasteiger charge is 2.67. The average molecular weight is 675 g/mol. The molecule has 2 aromatic carbocycles. The van der Waals surface area contributed by atoms with E-state index in [1.165, 1.54) is 38.5 Å². The maximum absolute atomic E-state index is 14.3. The van der Waals surface area contributed by atoms with Gasteiger partial charge in [-0.15, -0.1) is 0 Å². The highest BCUT2D eigenvalue weighted by molar-refractivity contribution is 5.83. The molecule has 0 spiro atoms. The maximum atomic E-state index is 14.3. The molecule has 2 N–H and O–H groups in total. The van der Waals surface area contributed by atoms with E-state index in [0.717, 1.165) is 48.8 Å². The lowest BCUT2D eigenvalue weighted by atomic mass is 9.36. The van der Waals surface area contributed by atoms with Crippen molar-refractivity contribution in [1.82, 2.24) is 15.5 Å². The lowest BCUT2D eigenvalue weighted by Gasteiger charge is -2.69. The number of aliphatic hydroxyl groups is 1. The molecule has 3 aromatic rings. The van der Waals surface area contributed by atoms with Crippen LogP contribution in [0.4, 0.5) is 0 Å². The van der Waals surface area contributed by atoms with Gasteiger partial charge in [-0.1, -0.05) is 69.6 Å². The Balaban J connectivity index is 0.943. The lowest BCUT2D eigenvalue weighted by Crippen LogP contribution is -2.63. The predicted octanol–water partition coefficient (Wildman–Crippen LogP) is 8.64. The Morgan fingerprint density at radius 1 is 0.900 bits per heavy atom. The molecule has 50 heavy (non-hydrogen) atoms. The standard InChI is InChI=1S/C43H54N4O3/c1-40(2)34-17-20-41(3)32-16-22-43(19-6-9-33(43)31(32)14-15-35(41)42(34,4)21-18-36(40)48)39(49)45-26-29-7-5-8-30(23-29)38-46-37(50-47-38)24-27-10-12-28(25-44)13-11-27/h5,7-8,10-13,23,31-36,48H,6,9,14-22,24,26H2,1-4H3,(H,45,49). The first-order chi connectivity index (χ1) is 24.0. The zero-order chi connectivity index (χ0) is 34.9. The van der Waals surface area contributed by atoms with Gasteiger partial charge in [0.1, 0.15) is 0 Å². The Morgan fingerprint density at radius 2 is 1.70 bits per heavy atom. The molecule has 5 aliphatic rings. The van der Waals surface area contributed by atoms with Crippen molar-refractivity contribution in [1.29, 1.82) is 5.26 Å². The van der Waals surface area contributed by atoms with E-state index < -0.39 is 0 Å². The van der Waals surface area contributed by atoms with Gasteiger partial charge in [0.2, 0.25) is 17.6 Å². The van der Waals surface area contributed by atoms with E-state index in [0.29, 0.717) is 70.7 Å². The van der Waals surface area contributed by atoms with Crippen LogP contribution in [0.2, 0.25) is 0 Å². The maximum Gasteiger partial charge on any atom is 0.231 e. The zero-order valence-electron chi connectivity index (χ0n) is 30.4. The molecule has 8 rings (SSSR count). The summed E-state index contributed by atoms with van der Waals surface area (Å²) in [6, 6.07) is 17.7. The fourth-order valence-electron chi connectivity index (χ4n) is 13.1. The normalized spacial score (nSPS) is 37.0. The van der Waals surface area contributed by atoms with Gasteiger partial charge in [0.15, 0.2) is 0 Å². The highest BCUT2D eigenvalue weighted by Crippen LogP contribution is 2.73. The van der Waals surface area contributed by atoms with Crippen LogP contribution in [0, 0.1) is 62.6 Å². The summed E-state index contributed by atoms with van der Waals surface area (Å²) in [5.74, 6) is 4.44. The minimum atomic E-state index is -0.242. The molecule has 5 saturated carbocycles. The summed E-state index contributed by atoms with van der Waals surface area (Å²) in [6.45, 7) is 10.4. The molecular formula is C43H54N4O3. The molecule has 0 saturated heterocycles. The quantitative estimate of drug-likeness (QED) is 0.271. The van der Waals surface area contributed by atoms with Crippen molar-refractivity contribution < 1.29 is 14.4 Å². The van der Waals surface area contributed by atoms with Gasteiger partial charge in [-0.3, -0.25) is 4.79 Å². The molecule has 9 atom stereocenters. The molecule has 0 bridgehead atoms. The number of hydrogen-bond acceptors (Lipinski definition) is 6. The van der Waals surface area contributed by atoms with Crippen LogP contribution in [0.25, 0.3) is 11.4 Å². The van der Waals surface area contributed by atoms with Crippen molar-refractivity contribution in [2.45, 2.75) is 117 Å². The first kappa shape index (κ1) is 33.6. The summed E-state index contributed by atoms with van der Waals surface area (Å²) in [5, 5.41) is 27.7. The van der Waals surface area contributed by atoms with E-state index in [1.807, 2.05) is 24.3 Å². The molecule has 0 aliphatic heterocycles. The van der Waals surface area contributed by atoms with Crippen LogP contribution in [-0.2, 0) is 17.8 Å². The molecule has 264 valence electrons. The summed E-state index contributed by atoms with van der Waals surface area (Å²) >= 11 is 0. The zero-order valence-corrected chi connectivity index (χ0v) is 30.4. The van der Waals surface area contributed by atoms with Crippen LogP contribution in [0.5, 0.6) is 0 Å². The van der Waals surface area contributed by atoms with E-state index >= 15 is 0 Å². The first-order valence-corrected chi connectivity index (χ1v) is 19.4. The molecule has 9 unspecified atom stereocenters. The van der Waals surface area contributed by atoms with Crippen LogP contribution in [-0.4, -0.2) is 27.3 Å². The number of carbonyl (C=O) groups excluding carboxylic acids is 1. The highest BCUT2D eigenvalue weighted by atomic mass is 16.5. The first-order valence-electron chi connectivity index (χ1n) is 19.4. The molecule has 1 aromatic heterocycles. The van der Waals surface area contributed by atoms with Crippen LogP contribution in [0.15, 0.2) is 53.1 Å². The Labute approximate surface area is 297 Å². The van der Waals surface area contributed by atoms with Crippen molar-refractivity contribution in [2.75, 3.05) is 0 Å². The second-order valence-corrected chi connectivity index (χ2v) is 18.0. The van der Waals surface area contributed by atoms with Crippen LogP contribution in [0.1, 0.15) is 121 Å². The number of carbonyl (C=O) groups is 1. The number of aliphatic hydroxyl groups excluding tert-OH is 1. The van der Waals surface area contributed by atoms with Crippen LogP contribution >= 0.6 is 0 Å². The summed E-state index contributed by atoms with van der Waals surface area (Å²) < 4.78 is 5.57. The van der Waals surface area contributed by atoms with Gasteiger partial charge in [-0.05, 0) is 139 Å². The molecule has 7 nitrogen and oxygen atoms in total. The third-order valence-electron chi connectivity index (χ3n) is 15.5. The Morgan fingerprint density at radius 3 is 2.50 bits per heavy atom. The summed E-state index contributed by atoms with van der Waals surface area (Å²) in [6.07, 6.45) is 13.0. The Kier molecular flexibility index (Phi) is 8.29. The third kappa shape index (κ3) is 5.26. The number of aromatic nitrogens is 2. The summed E-state index contributed by atoms with van der Waals surface area (Å²) in [4.78, 5) is 19.0. The van der Waals surface area contributed by atoms with Gasteiger partial charge in [0.05, 0.1) is 29.6 Å². The van der Waals surface area contributed by atoms with Gasteiger partial charge in [0, 0.05) is 12.1 Å². The van der Waals surface area contributed by atoms with Gasteiger partial charge < -0.3 is 14.9 Å². The fraction of sp³-hybridized carbons (Fsp3) is 0.628. The third-order valence-corrected chi connectivity index (χ3v) is 15.5. The minimum absolute atomic E-state index is 0.0163. The van der Waals surface area contributed by atoms with Crippen molar-refractivity contribution in [3.8, 4) is 17.5 Å². The van der Waals surface area contributed by atoms with E-state index in [-0.39, 0.29) is 22.8 Å². The number of amides is 1. The topological polar surface area (TPSA) is 112 Å². The van der Waals surface area contributed by atoms with E-state index in [2.05, 4.69) is 61.4 Å². The smallest absolute Gasteiger partial charge is 0.231 e. The molecular weight excluding hydrogens is 620 g/mol. The van der Waals surface area contributed by atoms with Gasteiger partial charge in [-0.2, -0.15) is 10.2 Å². The van der Waals surface area contributed by atoms with Gasteiger partial charge in [-0.25, -0.2) is 0 Å². The molecule has 5 fully saturated rings. The number of nitrogens with one attached hydrogen (secondary N) is 1. The number of hydrogen-bond donors (Lipinski definition) is 2. The van der Waals surface area contributed by atoms with Gasteiger partial charge in [0.25, 0.3) is 0 Å². The fourth-order valence-corrected chi connectivity index (χ4v) is 13.1. The predicted molar refractivity (Wildman–Crippen MR) is 192 cm³/mol. The molecule has 1 amide bonds. The molecule has 0 radical (unpaired) electrons. The minimum Gasteiger partial charge on any atom is -0.393 e. The number of fused-ring (bicyclic) bond motifs is 7. The van der Waals surface area contributed by atoms with Gasteiger partial charge >= 0.3 is 0 Å². The Bertz CT molecular complexity index is 1790. The largest absolute Gasteiger partial charge is 0.393 e. The lowest BCUT2D eigenvalue weighted by molar-refractivity contribution is -0.214. The molecule has 7 heteroatoms. The number of benzene rings is 2. The second-order valence-electron chi connectivity index (χ2n) is 18.0. The second kappa shape index (κ2) is 12.3. The molecule has 1 heterocycles. The molecule has 5 aliphatic carbocycles. The summed E-state index contributed by atoms with van der Waals surface area (Å²) in [7, 11) is 0. The van der Waals surface area contributed by atoms with Crippen LogP contribution in [0.3, 0.4) is 0 Å². The number of nitrogens with zero attached hydrogens (tertiary/aromatic N) is 3. The number of rotatable bonds is 6. The summed E-state index contributed by atoms with van der Waals surface area (Å²) in [5.41, 5.74) is 3.90. The van der Waals surface area contributed by atoms with Crippen molar-refractivity contribution in [3.05, 3.63) is 71.1 Å². The van der Waals surface area contributed by atoms with Crippen LogP contribution < -0.4 is 5.32 Å². The van der Waals surface area contributed by atoms with E-state index in [1.54, 1.807) is 12.1 Å². The van der Waals surface area contributed by atoms with E-state index in [9.17, 15) is 9.90 Å². The SMILES string of the molecule is CC1(C)C(O)CCC2(C)C1CCC1(C)C3CCC4(C(=O)NCc5cccc(-c6noc(Cc7ccc(C#N)cc7)n6)c5)CCCC4C3CCC12. The number of nitriles is 1.